The largest absolute Gasteiger partial charge is 0.481 e. The smallest absolute Gasteiger partial charge is 0.306 e. The lowest BCUT2D eigenvalue weighted by atomic mass is 9.97. The van der Waals surface area contributed by atoms with Crippen molar-refractivity contribution in [2.75, 3.05) is 13.1 Å². The summed E-state index contributed by atoms with van der Waals surface area (Å²) in [7, 11) is 0. The number of para-hydroxylation sites is 1. The molecule has 134 valence electrons. The third-order valence-electron chi connectivity index (χ3n) is 5.05. The van der Waals surface area contributed by atoms with E-state index in [-0.39, 0.29) is 11.8 Å². The van der Waals surface area contributed by atoms with Crippen molar-refractivity contribution in [3.63, 3.8) is 0 Å². The molecule has 0 radical (unpaired) electrons. The number of carboxylic acid groups (broad SMARTS) is 1. The number of aliphatic carboxylic acids is 1. The number of nitrogens with zero attached hydrogens (tertiary/aromatic N) is 2. The number of fused-ring (bicyclic) bond motifs is 1. The number of hydrogen-bond donors (Lipinski definition) is 1. The fourth-order valence-corrected chi connectivity index (χ4v) is 4.68. The molecule has 1 aromatic carbocycles. The Morgan fingerprint density at radius 3 is 2.58 bits per heavy atom. The molecule has 6 heteroatoms. The lowest BCUT2D eigenvalue weighted by Crippen LogP contribution is -2.39. The third kappa shape index (κ3) is 2.90. The van der Waals surface area contributed by atoms with Crippen LogP contribution in [-0.2, 0) is 4.79 Å². The van der Waals surface area contributed by atoms with Gasteiger partial charge in [0.2, 0.25) is 0 Å². The SMILES string of the molecule is Cc1cc2ccccc2n1-c1ccc(C(=O)N2CCC(C(=O)O)CC2)s1. The van der Waals surface area contributed by atoms with Gasteiger partial charge in [0.05, 0.1) is 16.3 Å². The molecule has 1 amide bonds. The zero-order valence-electron chi connectivity index (χ0n) is 14.5. The minimum absolute atomic E-state index is 0.000737. The second-order valence-corrected chi connectivity index (χ2v) is 7.78. The average molecular weight is 368 g/mol. The summed E-state index contributed by atoms with van der Waals surface area (Å²) in [4.78, 5) is 26.3. The first-order valence-corrected chi connectivity index (χ1v) is 9.55. The van der Waals surface area contributed by atoms with E-state index < -0.39 is 5.97 Å². The summed E-state index contributed by atoms with van der Waals surface area (Å²) in [5.74, 6) is -1.09. The fraction of sp³-hybridized carbons (Fsp3) is 0.300. The predicted molar refractivity (Wildman–Crippen MR) is 102 cm³/mol. The summed E-state index contributed by atoms with van der Waals surface area (Å²) in [6.07, 6.45) is 1.06. The molecule has 5 nitrogen and oxygen atoms in total. The zero-order valence-corrected chi connectivity index (χ0v) is 15.3. The first-order chi connectivity index (χ1) is 12.5. The Labute approximate surface area is 155 Å². The molecule has 3 aromatic rings. The molecule has 0 bridgehead atoms. The molecule has 4 rings (SSSR count). The van der Waals surface area contributed by atoms with Crippen molar-refractivity contribution >= 4 is 34.1 Å². The topological polar surface area (TPSA) is 62.5 Å². The van der Waals surface area contributed by atoms with Gasteiger partial charge in [0.1, 0.15) is 5.00 Å². The van der Waals surface area contributed by atoms with Gasteiger partial charge in [-0.3, -0.25) is 9.59 Å². The Morgan fingerprint density at radius 1 is 1.12 bits per heavy atom. The van der Waals surface area contributed by atoms with Crippen LogP contribution in [0.2, 0.25) is 0 Å². The van der Waals surface area contributed by atoms with Gasteiger partial charge in [0, 0.05) is 24.2 Å². The summed E-state index contributed by atoms with van der Waals surface area (Å²) >= 11 is 1.48. The number of thiophene rings is 1. The minimum atomic E-state index is -0.759. The molecule has 0 aliphatic carbocycles. The molecule has 1 aliphatic rings. The van der Waals surface area contributed by atoms with Gasteiger partial charge in [-0.15, -0.1) is 11.3 Å². The standard InChI is InChI=1S/C20H20N2O3S/c1-13-12-15-4-2-3-5-16(15)22(13)18-7-6-17(26-18)19(23)21-10-8-14(9-11-21)20(24)25/h2-7,12,14H,8-11H2,1H3,(H,24,25). The van der Waals surface area contributed by atoms with Crippen LogP contribution in [0.5, 0.6) is 0 Å². The molecule has 0 spiro atoms. The highest BCUT2D eigenvalue weighted by Gasteiger charge is 2.28. The number of rotatable bonds is 3. The van der Waals surface area contributed by atoms with Gasteiger partial charge in [0.15, 0.2) is 0 Å². The molecule has 3 heterocycles. The van der Waals surface area contributed by atoms with Crippen molar-refractivity contribution in [3.8, 4) is 5.00 Å². The van der Waals surface area contributed by atoms with Gasteiger partial charge in [-0.05, 0) is 44.0 Å². The number of carboxylic acids is 1. The van der Waals surface area contributed by atoms with Crippen molar-refractivity contribution < 1.29 is 14.7 Å². The maximum absolute atomic E-state index is 12.8. The van der Waals surface area contributed by atoms with E-state index in [0.29, 0.717) is 30.8 Å². The second-order valence-electron chi connectivity index (χ2n) is 6.72. The molecule has 1 aliphatic heterocycles. The summed E-state index contributed by atoms with van der Waals surface area (Å²) in [6.45, 7) is 3.08. The summed E-state index contributed by atoms with van der Waals surface area (Å²) in [6, 6.07) is 14.2. The van der Waals surface area contributed by atoms with Crippen LogP contribution in [0.15, 0.2) is 42.5 Å². The third-order valence-corrected chi connectivity index (χ3v) is 6.11. The zero-order chi connectivity index (χ0) is 18.3. The van der Waals surface area contributed by atoms with Crippen LogP contribution in [0.4, 0.5) is 0 Å². The van der Waals surface area contributed by atoms with E-state index in [0.717, 1.165) is 16.2 Å². The number of carbonyl (C=O) groups is 2. The number of carbonyl (C=O) groups excluding carboxylic acids is 1. The molecule has 0 unspecified atom stereocenters. The van der Waals surface area contributed by atoms with Crippen LogP contribution in [0.25, 0.3) is 15.9 Å². The molecule has 26 heavy (non-hydrogen) atoms. The predicted octanol–water partition coefficient (Wildman–Crippen LogP) is 3.94. The van der Waals surface area contributed by atoms with Crippen molar-refractivity contribution in [2.45, 2.75) is 19.8 Å². The summed E-state index contributed by atoms with van der Waals surface area (Å²) < 4.78 is 2.17. The lowest BCUT2D eigenvalue weighted by Gasteiger charge is -2.29. The number of aromatic nitrogens is 1. The molecular weight excluding hydrogens is 348 g/mol. The summed E-state index contributed by atoms with van der Waals surface area (Å²) in [5, 5.41) is 11.3. The Hall–Kier alpha value is -2.60. The monoisotopic (exact) mass is 368 g/mol. The highest BCUT2D eigenvalue weighted by atomic mass is 32.1. The normalized spacial score (nSPS) is 15.5. The van der Waals surface area contributed by atoms with Crippen LogP contribution in [-0.4, -0.2) is 39.5 Å². The lowest BCUT2D eigenvalue weighted by molar-refractivity contribution is -0.143. The van der Waals surface area contributed by atoms with E-state index in [1.165, 1.54) is 16.7 Å². The van der Waals surface area contributed by atoms with Gasteiger partial charge in [-0.2, -0.15) is 0 Å². The van der Waals surface area contributed by atoms with Gasteiger partial charge in [-0.1, -0.05) is 18.2 Å². The molecular formula is C20H20N2O3S. The minimum Gasteiger partial charge on any atom is -0.481 e. The maximum atomic E-state index is 12.8. The van der Waals surface area contributed by atoms with E-state index in [9.17, 15) is 9.59 Å². The number of aryl methyl sites for hydroxylation is 1. The Bertz CT molecular complexity index is 980. The van der Waals surface area contributed by atoms with E-state index in [2.05, 4.69) is 29.7 Å². The fourth-order valence-electron chi connectivity index (χ4n) is 3.63. The van der Waals surface area contributed by atoms with Crippen LogP contribution >= 0.6 is 11.3 Å². The van der Waals surface area contributed by atoms with Gasteiger partial charge < -0.3 is 14.6 Å². The number of piperidine rings is 1. The molecule has 2 aromatic heterocycles. The average Bonchev–Trinajstić information content (AvgIpc) is 3.24. The maximum Gasteiger partial charge on any atom is 0.306 e. The van der Waals surface area contributed by atoms with Gasteiger partial charge in [-0.25, -0.2) is 0 Å². The van der Waals surface area contributed by atoms with E-state index in [4.69, 9.17) is 5.11 Å². The number of benzene rings is 1. The quantitative estimate of drug-likeness (QED) is 0.762. The van der Waals surface area contributed by atoms with Gasteiger partial charge >= 0.3 is 5.97 Å². The molecule has 1 saturated heterocycles. The Morgan fingerprint density at radius 2 is 1.85 bits per heavy atom. The highest BCUT2D eigenvalue weighted by molar-refractivity contribution is 7.16. The van der Waals surface area contributed by atoms with Crippen molar-refractivity contribution in [1.29, 1.82) is 0 Å². The van der Waals surface area contributed by atoms with E-state index in [1.807, 2.05) is 24.3 Å². The highest BCUT2D eigenvalue weighted by Crippen LogP contribution is 2.30. The van der Waals surface area contributed by atoms with E-state index in [1.54, 1.807) is 4.90 Å². The van der Waals surface area contributed by atoms with Gasteiger partial charge in [0.25, 0.3) is 5.91 Å². The first-order valence-electron chi connectivity index (χ1n) is 8.74. The Kier molecular flexibility index (Phi) is 4.28. The number of hydrogen-bond acceptors (Lipinski definition) is 3. The molecule has 1 fully saturated rings. The Balaban J connectivity index is 1.57. The van der Waals surface area contributed by atoms with E-state index >= 15 is 0 Å². The number of amides is 1. The molecule has 0 saturated carbocycles. The van der Waals surface area contributed by atoms with Crippen LogP contribution in [0, 0.1) is 12.8 Å². The van der Waals surface area contributed by atoms with Crippen molar-refractivity contribution in [3.05, 3.63) is 53.0 Å². The van der Waals surface area contributed by atoms with Crippen LogP contribution in [0.3, 0.4) is 0 Å². The molecule has 1 N–H and O–H groups in total. The molecule has 0 atom stereocenters. The van der Waals surface area contributed by atoms with Crippen LogP contribution in [0.1, 0.15) is 28.2 Å². The number of likely N-dealkylation sites (tertiary alicyclic amines) is 1. The van der Waals surface area contributed by atoms with Crippen molar-refractivity contribution in [2.24, 2.45) is 5.92 Å². The summed E-state index contributed by atoms with van der Waals surface area (Å²) in [5.41, 5.74) is 2.27. The first kappa shape index (κ1) is 16.8. The van der Waals surface area contributed by atoms with Crippen LogP contribution < -0.4 is 0 Å². The second kappa shape index (κ2) is 6.61. The van der Waals surface area contributed by atoms with Crippen molar-refractivity contribution in [1.82, 2.24) is 9.47 Å².